The molecule has 0 bridgehead atoms. The van der Waals surface area contributed by atoms with Gasteiger partial charge in [-0.1, -0.05) is 86.4 Å². The topological polar surface area (TPSA) is 29.5 Å². The Morgan fingerprint density at radius 1 is 1.15 bits per heavy atom. The third-order valence-corrected chi connectivity index (χ3v) is 8.37. The molecule has 5 rings (SSSR count). The van der Waals surface area contributed by atoms with E-state index < -0.39 is 0 Å². The van der Waals surface area contributed by atoms with Crippen molar-refractivity contribution in [3.05, 3.63) is 71.3 Å². The van der Waals surface area contributed by atoms with Crippen LogP contribution in [0.2, 0.25) is 0 Å². The van der Waals surface area contributed by atoms with Gasteiger partial charge in [0.2, 0.25) is 5.91 Å². The summed E-state index contributed by atoms with van der Waals surface area (Å²) in [6.07, 6.45) is 20.1. The Morgan fingerprint density at radius 2 is 1.97 bits per heavy atom. The average Bonchev–Trinajstić information content (AvgIpc) is 2.87. The fraction of sp³-hybridized carbons (Fsp3) is 0.567. The number of fused-ring (bicyclic) bond motifs is 1. The highest BCUT2D eigenvalue weighted by molar-refractivity contribution is 5.94. The first kappa shape index (κ1) is 22.7. The van der Waals surface area contributed by atoms with Crippen LogP contribution in [-0.4, -0.2) is 29.5 Å². The fourth-order valence-electron chi connectivity index (χ4n) is 6.46. The minimum atomic E-state index is -0.0705. The molecule has 1 spiro atoms. The maximum atomic E-state index is 13.4. The van der Waals surface area contributed by atoms with Gasteiger partial charge in [-0.15, -0.1) is 0 Å². The van der Waals surface area contributed by atoms with Gasteiger partial charge in [-0.2, -0.15) is 0 Å². The molecular formula is C30H39NO2. The standard InChI is InChI=1S/C30H39NO2/c1-2-3-9-23-20-28(25-11-5-4-6-12-25)33-30(22-23)16-18-31(19-17-30)29(32)27-15-14-24-10-7-8-13-26(24)21-27/h4-8,10-12,21,23,26,28H,2-3,9,13-20,22H2,1H3. The number of amides is 1. The molecule has 2 fully saturated rings. The van der Waals surface area contributed by atoms with Crippen LogP contribution in [0.4, 0.5) is 0 Å². The van der Waals surface area contributed by atoms with Gasteiger partial charge in [-0.3, -0.25) is 4.79 Å². The zero-order valence-corrected chi connectivity index (χ0v) is 20.2. The van der Waals surface area contributed by atoms with Crippen molar-refractivity contribution in [3.63, 3.8) is 0 Å². The first-order chi connectivity index (χ1) is 16.2. The van der Waals surface area contributed by atoms with Gasteiger partial charge in [0.25, 0.3) is 0 Å². The number of hydrogen-bond donors (Lipinski definition) is 0. The van der Waals surface area contributed by atoms with Crippen molar-refractivity contribution in [2.24, 2.45) is 11.8 Å². The second kappa shape index (κ2) is 10.0. The van der Waals surface area contributed by atoms with Gasteiger partial charge in [0.05, 0.1) is 11.7 Å². The highest BCUT2D eigenvalue weighted by Crippen LogP contribution is 2.47. The first-order valence-electron chi connectivity index (χ1n) is 13.2. The van der Waals surface area contributed by atoms with Crippen LogP contribution >= 0.6 is 0 Å². The van der Waals surface area contributed by atoms with Crippen LogP contribution in [0.25, 0.3) is 0 Å². The van der Waals surface area contributed by atoms with Crippen molar-refractivity contribution < 1.29 is 9.53 Å². The van der Waals surface area contributed by atoms with E-state index in [-0.39, 0.29) is 17.6 Å². The number of hydrogen-bond acceptors (Lipinski definition) is 2. The lowest BCUT2D eigenvalue weighted by Gasteiger charge is -2.49. The lowest BCUT2D eigenvalue weighted by Crippen LogP contribution is -2.51. The molecule has 3 unspecified atom stereocenters. The number of allylic oxidation sites excluding steroid dienone is 5. The maximum absolute atomic E-state index is 13.4. The Morgan fingerprint density at radius 3 is 2.76 bits per heavy atom. The van der Waals surface area contributed by atoms with Gasteiger partial charge in [-0.05, 0) is 56.4 Å². The van der Waals surface area contributed by atoms with Crippen LogP contribution in [0, 0.1) is 11.8 Å². The second-order valence-corrected chi connectivity index (χ2v) is 10.6. The van der Waals surface area contributed by atoms with E-state index in [0.717, 1.165) is 69.5 Å². The summed E-state index contributed by atoms with van der Waals surface area (Å²) in [4.78, 5) is 15.5. The minimum absolute atomic E-state index is 0.0705. The number of piperidine rings is 1. The molecule has 1 aromatic rings. The number of carbonyl (C=O) groups excluding carboxylic acids is 1. The molecule has 2 aliphatic heterocycles. The Hall–Kier alpha value is -2.13. The number of benzene rings is 1. The van der Waals surface area contributed by atoms with Crippen LogP contribution in [0.15, 0.2) is 65.8 Å². The second-order valence-electron chi connectivity index (χ2n) is 10.6. The zero-order chi connectivity index (χ0) is 22.7. The third-order valence-electron chi connectivity index (χ3n) is 8.37. The van der Waals surface area contributed by atoms with Crippen LogP contribution in [0.5, 0.6) is 0 Å². The molecule has 0 saturated carbocycles. The first-order valence-corrected chi connectivity index (χ1v) is 13.2. The normalized spacial score (nSPS) is 28.8. The number of rotatable bonds is 5. The molecule has 176 valence electrons. The van der Waals surface area contributed by atoms with Crippen molar-refractivity contribution in [2.75, 3.05) is 13.1 Å². The van der Waals surface area contributed by atoms with E-state index in [0.29, 0.717) is 5.92 Å². The molecular weight excluding hydrogens is 406 g/mol. The Labute approximate surface area is 199 Å². The monoisotopic (exact) mass is 445 g/mol. The predicted octanol–water partition coefficient (Wildman–Crippen LogP) is 6.93. The molecule has 2 heterocycles. The summed E-state index contributed by atoms with van der Waals surface area (Å²) in [7, 11) is 0. The smallest absolute Gasteiger partial charge is 0.249 e. The average molecular weight is 446 g/mol. The predicted molar refractivity (Wildman–Crippen MR) is 134 cm³/mol. The van der Waals surface area contributed by atoms with Crippen LogP contribution in [0.1, 0.15) is 82.8 Å². The molecule has 1 amide bonds. The van der Waals surface area contributed by atoms with Gasteiger partial charge in [0.15, 0.2) is 0 Å². The molecule has 2 aliphatic carbocycles. The number of ether oxygens (including phenoxy) is 1. The van der Waals surface area contributed by atoms with Gasteiger partial charge < -0.3 is 9.64 Å². The Bertz CT molecular complexity index is 920. The van der Waals surface area contributed by atoms with Crippen molar-refractivity contribution >= 4 is 5.91 Å². The lowest BCUT2D eigenvalue weighted by molar-refractivity contribution is -0.174. The summed E-state index contributed by atoms with van der Waals surface area (Å²) < 4.78 is 6.89. The SMILES string of the molecule is CCCCC1CC(c2ccccc2)OC2(CCN(C(=O)C3=CC4CC=CC=C4CC3)CC2)C1. The third kappa shape index (κ3) is 5.04. The number of nitrogens with zero attached hydrogens (tertiary/aromatic N) is 1. The summed E-state index contributed by atoms with van der Waals surface area (Å²) in [6.45, 7) is 3.94. The summed E-state index contributed by atoms with van der Waals surface area (Å²) in [5.74, 6) is 1.43. The van der Waals surface area contributed by atoms with Crippen molar-refractivity contribution in [3.8, 4) is 0 Å². The van der Waals surface area contributed by atoms with Gasteiger partial charge in [0.1, 0.15) is 0 Å². The van der Waals surface area contributed by atoms with Crippen molar-refractivity contribution in [2.45, 2.75) is 82.8 Å². The van der Waals surface area contributed by atoms with Gasteiger partial charge in [0, 0.05) is 24.6 Å². The van der Waals surface area contributed by atoms with E-state index in [2.05, 4.69) is 66.5 Å². The lowest BCUT2D eigenvalue weighted by atomic mass is 9.75. The zero-order valence-electron chi connectivity index (χ0n) is 20.2. The van der Waals surface area contributed by atoms with Gasteiger partial charge >= 0.3 is 0 Å². The van der Waals surface area contributed by atoms with Gasteiger partial charge in [-0.25, -0.2) is 0 Å². The highest BCUT2D eigenvalue weighted by Gasteiger charge is 2.44. The molecule has 3 heteroatoms. The molecule has 0 N–H and O–H groups in total. The number of likely N-dealkylation sites (tertiary alicyclic amines) is 1. The summed E-state index contributed by atoms with van der Waals surface area (Å²) in [5, 5.41) is 0. The van der Waals surface area contributed by atoms with Crippen LogP contribution in [0.3, 0.4) is 0 Å². The molecule has 0 aromatic heterocycles. The summed E-state index contributed by atoms with van der Waals surface area (Å²) >= 11 is 0. The maximum Gasteiger partial charge on any atom is 0.249 e. The summed E-state index contributed by atoms with van der Waals surface area (Å²) in [6, 6.07) is 10.8. The highest BCUT2D eigenvalue weighted by atomic mass is 16.5. The van der Waals surface area contributed by atoms with Crippen molar-refractivity contribution in [1.29, 1.82) is 0 Å². The molecule has 3 nitrogen and oxygen atoms in total. The minimum Gasteiger partial charge on any atom is -0.367 e. The molecule has 1 aromatic carbocycles. The number of carbonyl (C=O) groups is 1. The molecule has 3 atom stereocenters. The molecule has 2 saturated heterocycles. The molecule has 33 heavy (non-hydrogen) atoms. The number of unbranched alkanes of at least 4 members (excludes halogenated alkanes) is 1. The van der Waals surface area contributed by atoms with E-state index >= 15 is 0 Å². The van der Waals surface area contributed by atoms with E-state index in [1.807, 2.05) is 0 Å². The Kier molecular flexibility index (Phi) is 6.87. The van der Waals surface area contributed by atoms with E-state index in [9.17, 15) is 4.79 Å². The molecule has 0 radical (unpaired) electrons. The fourth-order valence-corrected chi connectivity index (χ4v) is 6.46. The van der Waals surface area contributed by atoms with E-state index in [4.69, 9.17) is 4.74 Å². The van der Waals surface area contributed by atoms with Crippen molar-refractivity contribution in [1.82, 2.24) is 4.90 Å². The quantitative estimate of drug-likeness (QED) is 0.492. The Balaban J connectivity index is 1.26. The van der Waals surface area contributed by atoms with E-state index in [1.165, 1.54) is 30.4 Å². The molecule has 4 aliphatic rings. The summed E-state index contributed by atoms with van der Waals surface area (Å²) in [5.41, 5.74) is 3.77. The van der Waals surface area contributed by atoms with Crippen LogP contribution in [-0.2, 0) is 9.53 Å². The van der Waals surface area contributed by atoms with E-state index in [1.54, 1.807) is 0 Å². The largest absolute Gasteiger partial charge is 0.367 e. The van der Waals surface area contributed by atoms with Crippen LogP contribution < -0.4 is 0 Å².